The van der Waals surface area contributed by atoms with Crippen molar-refractivity contribution >= 4 is 0 Å². The number of hydrogen-bond donors (Lipinski definition) is 0. The van der Waals surface area contributed by atoms with Gasteiger partial charge in [0.1, 0.15) is 0 Å². The molecule has 0 fully saturated rings. The van der Waals surface area contributed by atoms with E-state index in [1.807, 2.05) is 0 Å². The average molecular weight is 236 g/mol. The lowest BCUT2D eigenvalue weighted by molar-refractivity contribution is 0.160. The quantitative estimate of drug-likeness (QED) is 0.527. The Bertz CT molecular complexity index is 300. The summed E-state index contributed by atoms with van der Waals surface area (Å²) in [5.74, 6) is 0. The van der Waals surface area contributed by atoms with Gasteiger partial charge in [-0.3, -0.25) is 0 Å². The zero-order valence-corrected chi connectivity index (χ0v) is 13.5. The van der Waals surface area contributed by atoms with Crippen molar-refractivity contribution in [3.05, 3.63) is 23.8 Å². The van der Waals surface area contributed by atoms with Crippen molar-refractivity contribution in [2.75, 3.05) is 0 Å². The van der Waals surface area contributed by atoms with Gasteiger partial charge in [0.15, 0.2) is 0 Å². The van der Waals surface area contributed by atoms with Crippen LogP contribution in [0.5, 0.6) is 0 Å². The van der Waals surface area contributed by atoms with Crippen LogP contribution in [-0.2, 0) is 0 Å². The Morgan fingerprint density at radius 2 is 1.35 bits per heavy atom. The van der Waals surface area contributed by atoms with Gasteiger partial charge in [-0.15, -0.1) is 6.58 Å². The van der Waals surface area contributed by atoms with Gasteiger partial charge in [0, 0.05) is 0 Å². The Kier molecular flexibility index (Phi) is 4.85. The molecule has 0 aromatic rings. The van der Waals surface area contributed by atoms with Crippen molar-refractivity contribution in [2.45, 2.75) is 68.7 Å². The van der Waals surface area contributed by atoms with Crippen LogP contribution >= 0.6 is 0 Å². The van der Waals surface area contributed by atoms with Crippen LogP contribution in [0.4, 0.5) is 0 Å². The average Bonchev–Trinajstić information content (AvgIpc) is 2.09. The highest BCUT2D eigenvalue weighted by Crippen LogP contribution is 2.47. The SMILES string of the molecule is C=CC(C)(CC(=C(C)C)C(C)(C)C)C(C)(C)C. The highest BCUT2D eigenvalue weighted by atomic mass is 14.4. The summed E-state index contributed by atoms with van der Waals surface area (Å²) in [7, 11) is 0. The fourth-order valence-electron chi connectivity index (χ4n) is 2.20. The van der Waals surface area contributed by atoms with Crippen molar-refractivity contribution in [2.24, 2.45) is 16.2 Å². The maximum Gasteiger partial charge on any atom is -0.00633 e. The number of rotatable bonds is 3. The minimum Gasteiger partial charge on any atom is -0.103 e. The molecule has 0 aliphatic rings. The molecule has 0 amide bonds. The molecule has 0 nitrogen and oxygen atoms in total. The summed E-state index contributed by atoms with van der Waals surface area (Å²) in [5.41, 5.74) is 3.65. The van der Waals surface area contributed by atoms with Crippen molar-refractivity contribution in [3.8, 4) is 0 Å². The number of allylic oxidation sites excluding steroid dienone is 3. The zero-order valence-electron chi connectivity index (χ0n) is 13.5. The van der Waals surface area contributed by atoms with Crippen LogP contribution in [0, 0.1) is 16.2 Å². The summed E-state index contributed by atoms with van der Waals surface area (Å²) < 4.78 is 0. The first-order chi connectivity index (χ1) is 7.35. The summed E-state index contributed by atoms with van der Waals surface area (Å²) in [4.78, 5) is 0. The van der Waals surface area contributed by atoms with Crippen LogP contribution in [0.3, 0.4) is 0 Å². The van der Waals surface area contributed by atoms with Crippen molar-refractivity contribution in [1.29, 1.82) is 0 Å². The Labute approximate surface area is 109 Å². The van der Waals surface area contributed by atoms with E-state index < -0.39 is 0 Å². The van der Waals surface area contributed by atoms with Crippen molar-refractivity contribution < 1.29 is 0 Å². The fraction of sp³-hybridized carbons (Fsp3) is 0.765. The highest BCUT2D eigenvalue weighted by molar-refractivity contribution is 5.21. The molecule has 0 radical (unpaired) electrons. The first kappa shape index (κ1) is 16.5. The maximum atomic E-state index is 4.07. The van der Waals surface area contributed by atoms with Crippen LogP contribution < -0.4 is 0 Å². The highest BCUT2D eigenvalue weighted by Gasteiger charge is 2.37. The van der Waals surface area contributed by atoms with Crippen molar-refractivity contribution in [3.63, 3.8) is 0 Å². The van der Waals surface area contributed by atoms with Crippen molar-refractivity contribution in [1.82, 2.24) is 0 Å². The molecule has 0 spiro atoms. The molecular weight excluding hydrogens is 204 g/mol. The first-order valence-electron chi connectivity index (χ1n) is 6.65. The largest absolute Gasteiger partial charge is 0.103 e. The summed E-state index contributed by atoms with van der Waals surface area (Å²) in [6.07, 6.45) is 3.24. The van der Waals surface area contributed by atoms with Crippen LogP contribution in [0.25, 0.3) is 0 Å². The third kappa shape index (κ3) is 4.01. The lowest BCUT2D eigenvalue weighted by Crippen LogP contribution is -2.33. The lowest BCUT2D eigenvalue weighted by Gasteiger charge is -2.43. The molecule has 0 bridgehead atoms. The van der Waals surface area contributed by atoms with Crippen LogP contribution in [0.1, 0.15) is 68.7 Å². The van der Waals surface area contributed by atoms with Gasteiger partial charge in [0.25, 0.3) is 0 Å². The lowest BCUT2D eigenvalue weighted by atomic mass is 9.62. The van der Waals surface area contributed by atoms with E-state index >= 15 is 0 Å². The molecule has 0 saturated heterocycles. The molecule has 0 heteroatoms. The van der Waals surface area contributed by atoms with Crippen LogP contribution in [-0.4, -0.2) is 0 Å². The Morgan fingerprint density at radius 1 is 0.941 bits per heavy atom. The van der Waals surface area contributed by atoms with E-state index in [0.717, 1.165) is 6.42 Å². The molecule has 0 aliphatic carbocycles. The van der Waals surface area contributed by atoms with Gasteiger partial charge < -0.3 is 0 Å². The standard InChI is InChI=1S/C17H32/c1-11-17(10,16(7,8)9)12-14(13(2)3)15(4,5)6/h11H,1,12H2,2-10H3. The van der Waals surface area contributed by atoms with E-state index in [4.69, 9.17) is 0 Å². The molecule has 0 saturated carbocycles. The smallest absolute Gasteiger partial charge is 0.00633 e. The molecular formula is C17H32. The fourth-order valence-corrected chi connectivity index (χ4v) is 2.20. The van der Waals surface area contributed by atoms with E-state index in [1.54, 1.807) is 5.57 Å². The minimum atomic E-state index is 0.146. The zero-order chi connectivity index (χ0) is 14.1. The van der Waals surface area contributed by atoms with Gasteiger partial charge in [0.05, 0.1) is 0 Å². The summed E-state index contributed by atoms with van der Waals surface area (Å²) in [5, 5.41) is 0. The van der Waals surface area contributed by atoms with E-state index in [2.05, 4.69) is 75.0 Å². The molecule has 1 atom stereocenters. The van der Waals surface area contributed by atoms with E-state index in [9.17, 15) is 0 Å². The summed E-state index contributed by atoms with van der Waals surface area (Å²) in [6.45, 7) is 24.7. The molecule has 0 N–H and O–H groups in total. The summed E-state index contributed by atoms with van der Waals surface area (Å²) in [6, 6.07) is 0. The second-order valence-corrected chi connectivity index (χ2v) is 7.78. The topological polar surface area (TPSA) is 0 Å². The second-order valence-electron chi connectivity index (χ2n) is 7.78. The first-order valence-corrected chi connectivity index (χ1v) is 6.65. The molecule has 0 rings (SSSR count). The Balaban J connectivity index is 5.43. The molecule has 1 unspecified atom stereocenters. The molecule has 100 valence electrons. The Morgan fingerprint density at radius 3 is 1.53 bits per heavy atom. The van der Waals surface area contributed by atoms with Gasteiger partial charge >= 0.3 is 0 Å². The third-order valence-corrected chi connectivity index (χ3v) is 4.22. The predicted octanol–water partition coefficient (Wildman–Crippen LogP) is 6.00. The van der Waals surface area contributed by atoms with E-state index in [-0.39, 0.29) is 16.2 Å². The van der Waals surface area contributed by atoms with E-state index in [1.165, 1.54) is 5.57 Å². The van der Waals surface area contributed by atoms with Gasteiger partial charge in [-0.25, -0.2) is 0 Å². The Hall–Kier alpha value is -0.520. The molecule has 0 aromatic heterocycles. The van der Waals surface area contributed by atoms with Crippen LogP contribution in [0.15, 0.2) is 23.8 Å². The predicted molar refractivity (Wildman–Crippen MR) is 80.2 cm³/mol. The van der Waals surface area contributed by atoms with E-state index in [0.29, 0.717) is 0 Å². The van der Waals surface area contributed by atoms with Crippen LogP contribution in [0.2, 0.25) is 0 Å². The monoisotopic (exact) mass is 236 g/mol. The molecule has 17 heavy (non-hydrogen) atoms. The van der Waals surface area contributed by atoms with Gasteiger partial charge in [-0.05, 0) is 36.5 Å². The maximum absolute atomic E-state index is 4.07. The summed E-state index contributed by atoms with van der Waals surface area (Å²) >= 11 is 0. The normalized spacial score (nSPS) is 16.3. The third-order valence-electron chi connectivity index (χ3n) is 4.22. The minimum absolute atomic E-state index is 0.146. The number of hydrogen-bond acceptors (Lipinski definition) is 0. The van der Waals surface area contributed by atoms with Gasteiger partial charge in [0.2, 0.25) is 0 Å². The van der Waals surface area contributed by atoms with Gasteiger partial charge in [-0.2, -0.15) is 0 Å². The molecule has 0 heterocycles. The second kappa shape index (κ2) is 5.00. The molecule has 0 aliphatic heterocycles. The van der Waals surface area contributed by atoms with Gasteiger partial charge in [-0.1, -0.05) is 65.7 Å². The molecule has 0 aromatic carbocycles.